The van der Waals surface area contributed by atoms with Crippen LogP contribution in [0.5, 0.6) is 0 Å². The molecule has 0 aliphatic heterocycles. The van der Waals surface area contributed by atoms with E-state index in [4.69, 9.17) is 5.73 Å². The summed E-state index contributed by atoms with van der Waals surface area (Å²) in [5.74, 6) is -0.501. The van der Waals surface area contributed by atoms with E-state index in [9.17, 15) is 13.2 Å². The van der Waals surface area contributed by atoms with Crippen molar-refractivity contribution in [3.63, 3.8) is 0 Å². The van der Waals surface area contributed by atoms with E-state index in [0.29, 0.717) is 18.5 Å². The number of aryl methyl sites for hydroxylation is 1. The molecule has 0 saturated heterocycles. The molecular formula is C11H13FNO2S-. The third-order valence-electron chi connectivity index (χ3n) is 3.29. The van der Waals surface area contributed by atoms with Gasteiger partial charge in [-0.3, -0.25) is 4.21 Å². The average molecular weight is 242 g/mol. The Morgan fingerprint density at radius 3 is 2.88 bits per heavy atom. The summed E-state index contributed by atoms with van der Waals surface area (Å²) in [4.78, 5) is 0. The van der Waals surface area contributed by atoms with Crippen molar-refractivity contribution in [3.05, 3.63) is 35.1 Å². The molecule has 1 aliphatic rings. The fourth-order valence-electron chi connectivity index (χ4n) is 2.25. The summed E-state index contributed by atoms with van der Waals surface area (Å²) < 4.78 is 34.9. The third kappa shape index (κ3) is 1.59. The first kappa shape index (κ1) is 11.7. The number of hydrogen-bond acceptors (Lipinski definition) is 3. The van der Waals surface area contributed by atoms with Crippen molar-refractivity contribution in [2.75, 3.05) is 6.54 Å². The molecule has 1 aliphatic carbocycles. The van der Waals surface area contributed by atoms with E-state index >= 15 is 0 Å². The molecule has 0 spiro atoms. The number of rotatable bonds is 3. The largest absolute Gasteiger partial charge is 0.772 e. The molecule has 3 atom stereocenters. The standard InChI is InChI=1S/C11H14FNO2S/c1-7-2-3-9(12)4-10(7)11(16(14)15)5-8(11)6-13/h2-4,8H,5-6,13H2,1H3,(H,14,15)/p-1. The lowest BCUT2D eigenvalue weighted by Gasteiger charge is -2.23. The van der Waals surface area contributed by atoms with Crippen molar-refractivity contribution >= 4 is 11.1 Å². The van der Waals surface area contributed by atoms with Gasteiger partial charge in [0.1, 0.15) is 5.82 Å². The smallest absolute Gasteiger partial charge is 0.123 e. The minimum atomic E-state index is -2.26. The Morgan fingerprint density at radius 1 is 1.69 bits per heavy atom. The topological polar surface area (TPSA) is 66.1 Å². The minimum Gasteiger partial charge on any atom is -0.772 e. The zero-order valence-corrected chi connectivity index (χ0v) is 9.72. The number of benzene rings is 1. The molecule has 3 unspecified atom stereocenters. The van der Waals surface area contributed by atoms with E-state index in [1.165, 1.54) is 12.1 Å². The molecule has 2 N–H and O–H groups in total. The van der Waals surface area contributed by atoms with Gasteiger partial charge in [0.25, 0.3) is 0 Å². The fourth-order valence-corrected chi connectivity index (χ4v) is 3.36. The van der Waals surface area contributed by atoms with E-state index < -0.39 is 21.6 Å². The van der Waals surface area contributed by atoms with Crippen molar-refractivity contribution in [3.8, 4) is 0 Å². The van der Waals surface area contributed by atoms with Gasteiger partial charge >= 0.3 is 0 Å². The van der Waals surface area contributed by atoms with Crippen LogP contribution in [-0.4, -0.2) is 15.3 Å². The fraction of sp³-hybridized carbons (Fsp3) is 0.455. The molecule has 0 heterocycles. The molecule has 2 rings (SSSR count). The Morgan fingerprint density at radius 2 is 2.38 bits per heavy atom. The Labute approximate surface area is 96.1 Å². The van der Waals surface area contributed by atoms with E-state index in [-0.39, 0.29) is 5.92 Å². The lowest BCUT2D eigenvalue weighted by atomic mass is 10.0. The van der Waals surface area contributed by atoms with Gasteiger partial charge in [-0.25, -0.2) is 4.39 Å². The van der Waals surface area contributed by atoms with Gasteiger partial charge in [-0.2, -0.15) is 0 Å². The third-order valence-corrected chi connectivity index (χ3v) is 4.60. The molecule has 1 saturated carbocycles. The number of nitrogens with two attached hydrogens (primary N) is 1. The van der Waals surface area contributed by atoms with Crippen LogP contribution in [0.15, 0.2) is 18.2 Å². The maximum absolute atomic E-state index is 13.2. The Balaban J connectivity index is 2.50. The van der Waals surface area contributed by atoms with E-state index in [1.807, 2.05) is 0 Å². The van der Waals surface area contributed by atoms with Gasteiger partial charge in [-0.15, -0.1) is 0 Å². The van der Waals surface area contributed by atoms with E-state index in [0.717, 1.165) is 5.56 Å². The maximum atomic E-state index is 13.2. The van der Waals surface area contributed by atoms with Crippen molar-refractivity contribution in [1.29, 1.82) is 0 Å². The van der Waals surface area contributed by atoms with Crippen molar-refractivity contribution < 1.29 is 13.2 Å². The van der Waals surface area contributed by atoms with Crippen LogP contribution in [0.25, 0.3) is 0 Å². The maximum Gasteiger partial charge on any atom is 0.123 e. The average Bonchev–Trinajstić information content (AvgIpc) is 2.97. The lowest BCUT2D eigenvalue weighted by molar-refractivity contribution is 0.513. The summed E-state index contributed by atoms with van der Waals surface area (Å²) in [6.45, 7) is 2.10. The van der Waals surface area contributed by atoms with Gasteiger partial charge in [0.2, 0.25) is 0 Å². The second-order valence-electron chi connectivity index (χ2n) is 4.22. The highest BCUT2D eigenvalue weighted by molar-refractivity contribution is 7.80. The van der Waals surface area contributed by atoms with Crippen LogP contribution in [0.4, 0.5) is 4.39 Å². The van der Waals surface area contributed by atoms with Crippen LogP contribution in [0.2, 0.25) is 0 Å². The molecular weight excluding hydrogens is 229 g/mol. The SMILES string of the molecule is Cc1ccc(F)cc1C1(S(=O)[O-])CC1CN. The minimum absolute atomic E-state index is 0.0914. The van der Waals surface area contributed by atoms with Gasteiger partial charge in [0, 0.05) is 0 Å². The zero-order chi connectivity index (χ0) is 11.9. The highest BCUT2D eigenvalue weighted by Crippen LogP contribution is 2.56. The quantitative estimate of drug-likeness (QED) is 0.809. The van der Waals surface area contributed by atoms with Crippen molar-refractivity contribution in [2.24, 2.45) is 11.7 Å². The van der Waals surface area contributed by atoms with Gasteiger partial charge in [-0.05, 0) is 60.1 Å². The highest BCUT2D eigenvalue weighted by Gasteiger charge is 2.56. The van der Waals surface area contributed by atoms with Crippen LogP contribution in [0.3, 0.4) is 0 Å². The van der Waals surface area contributed by atoms with Gasteiger partial charge in [0.15, 0.2) is 0 Å². The molecule has 0 bridgehead atoms. The summed E-state index contributed by atoms with van der Waals surface area (Å²) in [7, 11) is 0. The first-order valence-electron chi connectivity index (χ1n) is 5.08. The Bertz CT molecular complexity index is 452. The van der Waals surface area contributed by atoms with Crippen LogP contribution >= 0.6 is 0 Å². The molecule has 3 nitrogen and oxygen atoms in total. The summed E-state index contributed by atoms with van der Waals surface area (Å²) in [6, 6.07) is 4.24. The van der Waals surface area contributed by atoms with Crippen LogP contribution in [0, 0.1) is 18.7 Å². The molecule has 88 valence electrons. The number of halogens is 1. The van der Waals surface area contributed by atoms with Crippen molar-refractivity contribution in [2.45, 2.75) is 18.1 Å². The molecule has 0 radical (unpaired) electrons. The van der Waals surface area contributed by atoms with Gasteiger partial charge in [0.05, 0.1) is 4.75 Å². The summed E-state index contributed by atoms with van der Waals surface area (Å²) in [5.41, 5.74) is 6.85. The number of hydrogen-bond donors (Lipinski definition) is 1. The molecule has 5 heteroatoms. The van der Waals surface area contributed by atoms with E-state index in [1.54, 1.807) is 13.0 Å². The first-order chi connectivity index (χ1) is 7.52. The lowest BCUT2D eigenvalue weighted by Crippen LogP contribution is -2.22. The summed E-state index contributed by atoms with van der Waals surface area (Å²) in [5, 5.41) is 0. The second kappa shape index (κ2) is 3.91. The van der Waals surface area contributed by atoms with Gasteiger partial charge in [-0.1, -0.05) is 6.07 Å². The van der Waals surface area contributed by atoms with Gasteiger partial charge < -0.3 is 10.3 Å². The molecule has 1 aromatic carbocycles. The molecule has 0 aromatic heterocycles. The van der Waals surface area contributed by atoms with E-state index in [2.05, 4.69) is 0 Å². The molecule has 0 amide bonds. The monoisotopic (exact) mass is 242 g/mol. The zero-order valence-electron chi connectivity index (χ0n) is 8.90. The molecule has 1 aromatic rings. The normalized spacial score (nSPS) is 30.1. The van der Waals surface area contributed by atoms with Crippen molar-refractivity contribution in [1.82, 2.24) is 0 Å². The predicted octanol–water partition coefficient (Wildman–Crippen LogP) is 1.19. The molecule has 16 heavy (non-hydrogen) atoms. The highest BCUT2D eigenvalue weighted by atomic mass is 32.2. The summed E-state index contributed by atoms with van der Waals surface area (Å²) in [6.07, 6.45) is 0.490. The van der Waals surface area contributed by atoms with Crippen LogP contribution in [-0.2, 0) is 15.8 Å². The Hall–Kier alpha value is -0.780. The van der Waals surface area contributed by atoms with Crippen LogP contribution in [0.1, 0.15) is 17.5 Å². The first-order valence-corrected chi connectivity index (χ1v) is 6.16. The van der Waals surface area contributed by atoms with Crippen LogP contribution < -0.4 is 5.73 Å². The molecule has 1 fully saturated rings. The predicted molar refractivity (Wildman–Crippen MR) is 58.9 cm³/mol. The summed E-state index contributed by atoms with van der Waals surface area (Å²) >= 11 is -2.26. The Kier molecular flexibility index (Phi) is 2.86. The second-order valence-corrected chi connectivity index (χ2v) is 5.42.